The summed E-state index contributed by atoms with van der Waals surface area (Å²) in [5.74, 6) is 2.08. The maximum atomic E-state index is 12.1. The molecule has 1 aromatic heterocycles. The summed E-state index contributed by atoms with van der Waals surface area (Å²) >= 11 is 0. The quantitative estimate of drug-likeness (QED) is 0.743. The van der Waals surface area contributed by atoms with Crippen LogP contribution in [0.3, 0.4) is 0 Å². The molecule has 6 nitrogen and oxygen atoms in total. The van der Waals surface area contributed by atoms with E-state index in [1.54, 1.807) is 37.3 Å². The largest absolute Gasteiger partial charge is 0.490 e. The first-order valence-corrected chi connectivity index (χ1v) is 8.85. The molecule has 0 aliphatic carbocycles. The van der Waals surface area contributed by atoms with Gasteiger partial charge < -0.3 is 19.7 Å². The van der Waals surface area contributed by atoms with E-state index in [0.29, 0.717) is 31.1 Å². The zero-order valence-electron chi connectivity index (χ0n) is 15.9. The number of ether oxygens (including phenoxy) is 2. The molecular formula is C20H27N3O3. The van der Waals surface area contributed by atoms with Gasteiger partial charge in [-0.25, -0.2) is 4.98 Å². The molecule has 2 aromatic rings. The summed E-state index contributed by atoms with van der Waals surface area (Å²) in [5, 5.41) is 3.26. The lowest BCUT2D eigenvalue weighted by Gasteiger charge is -2.16. The van der Waals surface area contributed by atoms with Crippen molar-refractivity contribution in [2.45, 2.75) is 26.8 Å². The number of para-hydroxylation sites is 1. The topological polar surface area (TPSA) is 63.7 Å². The number of rotatable bonds is 9. The van der Waals surface area contributed by atoms with Crippen molar-refractivity contribution in [2.24, 2.45) is 0 Å². The van der Waals surface area contributed by atoms with Crippen LogP contribution in [0, 0.1) is 0 Å². The fraction of sp³-hybridized carbons (Fsp3) is 0.400. The lowest BCUT2D eigenvalue weighted by Crippen LogP contribution is -2.21. The second kappa shape index (κ2) is 9.65. The Balaban J connectivity index is 2.17. The van der Waals surface area contributed by atoms with Crippen molar-refractivity contribution in [3.63, 3.8) is 0 Å². The van der Waals surface area contributed by atoms with Crippen LogP contribution in [-0.2, 0) is 6.54 Å². The number of carbonyl (C=O) groups excluding carboxylic acids is 1. The number of nitrogens with one attached hydrogen (secondary N) is 1. The van der Waals surface area contributed by atoms with Crippen LogP contribution in [0.4, 0.5) is 5.82 Å². The predicted molar refractivity (Wildman–Crippen MR) is 103 cm³/mol. The summed E-state index contributed by atoms with van der Waals surface area (Å²) in [6.07, 6.45) is 2.55. The molecule has 6 heteroatoms. The lowest BCUT2D eigenvalue weighted by atomic mass is 10.1. The smallest absolute Gasteiger partial charge is 0.253 e. The van der Waals surface area contributed by atoms with Crippen molar-refractivity contribution < 1.29 is 14.3 Å². The maximum Gasteiger partial charge on any atom is 0.253 e. The standard InChI is InChI=1S/C20H27N3O3/c1-5-12-26-19-16(8-7-9-17(19)25-6-2)14-22-18-13-15(10-11-21-18)20(24)23(3)4/h7-11,13H,5-6,12,14H2,1-4H3,(H,21,22). The first-order valence-electron chi connectivity index (χ1n) is 8.85. The minimum absolute atomic E-state index is 0.0549. The average molecular weight is 357 g/mol. The molecule has 2 rings (SSSR count). The van der Waals surface area contributed by atoms with E-state index in [2.05, 4.69) is 17.2 Å². The number of hydrogen-bond acceptors (Lipinski definition) is 5. The summed E-state index contributed by atoms with van der Waals surface area (Å²) in [4.78, 5) is 17.9. The summed E-state index contributed by atoms with van der Waals surface area (Å²) in [6.45, 7) is 5.74. The highest BCUT2D eigenvalue weighted by atomic mass is 16.5. The SMILES string of the molecule is CCCOc1c(CNc2cc(C(=O)N(C)C)ccn2)cccc1OCC. The van der Waals surface area contributed by atoms with Gasteiger partial charge in [0.1, 0.15) is 5.82 Å². The van der Waals surface area contributed by atoms with Crippen molar-refractivity contribution in [3.8, 4) is 11.5 Å². The Morgan fingerprint density at radius 1 is 1.19 bits per heavy atom. The van der Waals surface area contributed by atoms with Crippen LogP contribution in [0.2, 0.25) is 0 Å². The molecule has 1 amide bonds. The van der Waals surface area contributed by atoms with E-state index in [1.165, 1.54) is 0 Å². The average Bonchev–Trinajstić information content (AvgIpc) is 2.65. The first kappa shape index (κ1) is 19.6. The van der Waals surface area contributed by atoms with Gasteiger partial charge in [-0.3, -0.25) is 4.79 Å². The molecule has 1 N–H and O–H groups in total. The van der Waals surface area contributed by atoms with E-state index >= 15 is 0 Å². The van der Waals surface area contributed by atoms with Gasteiger partial charge in [0.25, 0.3) is 5.91 Å². The number of hydrogen-bond donors (Lipinski definition) is 1. The van der Waals surface area contributed by atoms with Crippen LogP contribution in [0.15, 0.2) is 36.5 Å². The minimum atomic E-state index is -0.0549. The number of aromatic nitrogens is 1. The molecule has 0 atom stereocenters. The molecule has 0 spiro atoms. The molecule has 1 heterocycles. The Labute approximate surface area is 155 Å². The molecule has 0 unspecified atom stereocenters. The zero-order valence-corrected chi connectivity index (χ0v) is 15.9. The van der Waals surface area contributed by atoms with Gasteiger partial charge in [0.05, 0.1) is 13.2 Å². The number of nitrogens with zero attached hydrogens (tertiary/aromatic N) is 2. The summed E-state index contributed by atoms with van der Waals surface area (Å²) in [6, 6.07) is 9.31. The van der Waals surface area contributed by atoms with Gasteiger partial charge in [0.2, 0.25) is 0 Å². The molecule has 0 bridgehead atoms. The van der Waals surface area contributed by atoms with Crippen molar-refractivity contribution in [1.29, 1.82) is 0 Å². The van der Waals surface area contributed by atoms with E-state index in [0.717, 1.165) is 23.5 Å². The summed E-state index contributed by atoms with van der Waals surface area (Å²) in [5.41, 5.74) is 1.58. The maximum absolute atomic E-state index is 12.1. The van der Waals surface area contributed by atoms with Gasteiger partial charge >= 0.3 is 0 Å². The lowest BCUT2D eigenvalue weighted by molar-refractivity contribution is 0.0827. The number of carbonyl (C=O) groups is 1. The minimum Gasteiger partial charge on any atom is -0.490 e. The van der Waals surface area contributed by atoms with E-state index in [1.807, 2.05) is 25.1 Å². The highest BCUT2D eigenvalue weighted by molar-refractivity contribution is 5.94. The molecule has 0 fully saturated rings. The third-order valence-electron chi connectivity index (χ3n) is 3.68. The number of amides is 1. The van der Waals surface area contributed by atoms with Crippen molar-refractivity contribution in [2.75, 3.05) is 32.6 Å². The fourth-order valence-corrected chi connectivity index (χ4v) is 2.44. The Kier molecular flexibility index (Phi) is 7.26. The van der Waals surface area contributed by atoms with Gasteiger partial charge in [0, 0.05) is 38.0 Å². The van der Waals surface area contributed by atoms with E-state index < -0.39 is 0 Å². The summed E-state index contributed by atoms with van der Waals surface area (Å²) < 4.78 is 11.6. The van der Waals surface area contributed by atoms with E-state index in [9.17, 15) is 4.79 Å². The molecule has 1 aromatic carbocycles. The molecule has 0 saturated carbocycles. The Morgan fingerprint density at radius 2 is 2.00 bits per heavy atom. The normalized spacial score (nSPS) is 10.3. The van der Waals surface area contributed by atoms with Crippen LogP contribution in [0.1, 0.15) is 36.2 Å². The van der Waals surface area contributed by atoms with Crippen LogP contribution in [0.5, 0.6) is 11.5 Å². The molecular weight excluding hydrogens is 330 g/mol. The molecule has 0 aliphatic heterocycles. The van der Waals surface area contributed by atoms with Crippen LogP contribution >= 0.6 is 0 Å². The van der Waals surface area contributed by atoms with Crippen molar-refractivity contribution in [1.82, 2.24) is 9.88 Å². The van der Waals surface area contributed by atoms with Crippen LogP contribution < -0.4 is 14.8 Å². The Morgan fingerprint density at radius 3 is 2.69 bits per heavy atom. The molecule has 140 valence electrons. The molecule has 26 heavy (non-hydrogen) atoms. The molecule has 0 aliphatic rings. The van der Waals surface area contributed by atoms with E-state index in [-0.39, 0.29) is 5.91 Å². The van der Waals surface area contributed by atoms with Crippen molar-refractivity contribution in [3.05, 3.63) is 47.7 Å². The van der Waals surface area contributed by atoms with Gasteiger partial charge in [-0.1, -0.05) is 19.1 Å². The third kappa shape index (κ3) is 5.12. The number of benzene rings is 1. The van der Waals surface area contributed by atoms with Gasteiger partial charge in [-0.2, -0.15) is 0 Å². The van der Waals surface area contributed by atoms with Gasteiger partial charge in [0.15, 0.2) is 11.5 Å². The molecule has 0 saturated heterocycles. The highest BCUT2D eigenvalue weighted by Crippen LogP contribution is 2.32. The second-order valence-corrected chi connectivity index (χ2v) is 6.01. The van der Waals surface area contributed by atoms with Gasteiger partial charge in [-0.05, 0) is 31.5 Å². The third-order valence-corrected chi connectivity index (χ3v) is 3.68. The highest BCUT2D eigenvalue weighted by Gasteiger charge is 2.12. The van der Waals surface area contributed by atoms with E-state index in [4.69, 9.17) is 9.47 Å². The fourth-order valence-electron chi connectivity index (χ4n) is 2.44. The number of anilines is 1. The van der Waals surface area contributed by atoms with Gasteiger partial charge in [-0.15, -0.1) is 0 Å². The predicted octanol–water partition coefficient (Wildman–Crippen LogP) is 3.58. The van der Waals surface area contributed by atoms with Crippen LogP contribution in [-0.4, -0.2) is 43.1 Å². The Hall–Kier alpha value is -2.76. The Bertz CT molecular complexity index is 732. The summed E-state index contributed by atoms with van der Waals surface area (Å²) in [7, 11) is 3.46. The first-order chi connectivity index (χ1) is 12.6. The number of pyridine rings is 1. The monoisotopic (exact) mass is 357 g/mol. The second-order valence-electron chi connectivity index (χ2n) is 6.01. The zero-order chi connectivity index (χ0) is 18.9. The van der Waals surface area contributed by atoms with Crippen LogP contribution in [0.25, 0.3) is 0 Å². The molecule has 0 radical (unpaired) electrons. The van der Waals surface area contributed by atoms with Crippen molar-refractivity contribution >= 4 is 11.7 Å².